The summed E-state index contributed by atoms with van der Waals surface area (Å²) in [5, 5.41) is 2.31. The number of fused-ring (bicyclic) bond motifs is 2. The SMILES string of the molecule is CCCCN1CC(N2CCN(c3cccc4c3OC(C)(C)C4)CC2)N(c2cccc3ccccc23)C1=O. The summed E-state index contributed by atoms with van der Waals surface area (Å²) >= 11 is 0. The van der Waals surface area contributed by atoms with Crippen LogP contribution in [0.1, 0.15) is 39.2 Å². The van der Waals surface area contributed by atoms with Crippen molar-refractivity contribution in [1.82, 2.24) is 9.80 Å². The second kappa shape index (κ2) is 9.56. The number of hydrogen-bond acceptors (Lipinski definition) is 4. The second-order valence-electron chi connectivity index (χ2n) is 11.3. The van der Waals surface area contributed by atoms with Gasteiger partial charge in [0.05, 0.1) is 17.9 Å². The van der Waals surface area contributed by atoms with E-state index in [2.05, 4.69) is 101 Å². The van der Waals surface area contributed by atoms with Crippen LogP contribution in [0.4, 0.5) is 16.2 Å². The van der Waals surface area contributed by atoms with Gasteiger partial charge < -0.3 is 14.5 Å². The zero-order valence-electron chi connectivity index (χ0n) is 22.3. The number of carbonyl (C=O) groups is 1. The van der Waals surface area contributed by atoms with E-state index in [4.69, 9.17) is 4.74 Å². The monoisotopic (exact) mass is 498 g/mol. The van der Waals surface area contributed by atoms with Crippen molar-refractivity contribution in [3.8, 4) is 5.75 Å². The van der Waals surface area contributed by atoms with E-state index in [0.717, 1.165) is 75.4 Å². The molecule has 194 valence electrons. The van der Waals surface area contributed by atoms with Gasteiger partial charge in [-0.05, 0) is 37.8 Å². The molecule has 3 aliphatic heterocycles. The van der Waals surface area contributed by atoms with Crippen molar-refractivity contribution in [1.29, 1.82) is 0 Å². The standard InChI is InChI=1S/C31H38N4O2/c1-4-5-16-34-22-28(35(30(34)36)26-14-8-11-23-10-6-7-13-25(23)26)33-19-17-32(18-20-33)27-15-9-12-24-21-31(2,3)37-29(24)27/h6-15,28H,4-5,16-22H2,1-3H3. The zero-order chi connectivity index (χ0) is 25.6. The lowest BCUT2D eigenvalue weighted by molar-refractivity contribution is 0.138. The molecule has 0 bridgehead atoms. The number of unbranched alkanes of at least 4 members (excludes halogenated alkanes) is 1. The molecule has 2 saturated heterocycles. The van der Waals surface area contributed by atoms with Gasteiger partial charge in [-0.15, -0.1) is 0 Å². The molecule has 2 amide bonds. The third-order valence-corrected chi connectivity index (χ3v) is 8.11. The highest BCUT2D eigenvalue weighted by Crippen LogP contribution is 2.42. The molecule has 37 heavy (non-hydrogen) atoms. The molecule has 3 aliphatic rings. The van der Waals surface area contributed by atoms with E-state index >= 15 is 0 Å². The molecule has 0 N–H and O–H groups in total. The van der Waals surface area contributed by atoms with Crippen LogP contribution in [0.2, 0.25) is 0 Å². The van der Waals surface area contributed by atoms with E-state index in [-0.39, 0.29) is 17.8 Å². The fraction of sp³-hybridized carbons (Fsp3) is 0.452. The van der Waals surface area contributed by atoms with Crippen molar-refractivity contribution >= 4 is 28.2 Å². The molecule has 0 radical (unpaired) electrons. The van der Waals surface area contributed by atoms with Gasteiger partial charge in [-0.3, -0.25) is 9.80 Å². The Bertz CT molecular complexity index is 1290. The van der Waals surface area contributed by atoms with Gasteiger partial charge in [0.2, 0.25) is 0 Å². The third kappa shape index (κ3) is 4.42. The number of hydrogen-bond donors (Lipinski definition) is 0. The highest BCUT2D eigenvalue weighted by atomic mass is 16.5. The molecule has 0 saturated carbocycles. The quantitative estimate of drug-likeness (QED) is 0.434. The fourth-order valence-corrected chi connectivity index (χ4v) is 6.24. The van der Waals surface area contributed by atoms with Crippen molar-refractivity contribution in [2.24, 2.45) is 0 Å². The van der Waals surface area contributed by atoms with Gasteiger partial charge in [0.25, 0.3) is 0 Å². The van der Waals surface area contributed by atoms with E-state index in [1.54, 1.807) is 0 Å². The smallest absolute Gasteiger partial charge is 0.326 e. The molecule has 1 unspecified atom stereocenters. The first-order chi connectivity index (χ1) is 17.9. The highest BCUT2D eigenvalue weighted by Gasteiger charge is 2.43. The molecule has 1 atom stereocenters. The van der Waals surface area contributed by atoms with Crippen LogP contribution >= 0.6 is 0 Å². The first-order valence-corrected chi connectivity index (χ1v) is 13.8. The summed E-state index contributed by atoms with van der Waals surface area (Å²) in [6, 6.07) is 21.4. The summed E-state index contributed by atoms with van der Waals surface area (Å²) in [5.74, 6) is 1.06. The summed E-state index contributed by atoms with van der Waals surface area (Å²) in [5.41, 5.74) is 3.39. The van der Waals surface area contributed by atoms with Crippen LogP contribution < -0.4 is 14.5 Å². The Kier molecular flexibility index (Phi) is 6.23. The largest absolute Gasteiger partial charge is 0.485 e. The Labute approximate surface area is 220 Å². The second-order valence-corrected chi connectivity index (χ2v) is 11.3. The normalized spacial score (nSPS) is 21.5. The van der Waals surface area contributed by atoms with Crippen LogP contribution in [0.25, 0.3) is 10.8 Å². The minimum absolute atomic E-state index is 0.0361. The predicted octanol–water partition coefficient (Wildman–Crippen LogP) is 5.74. The average Bonchev–Trinajstić information content (AvgIpc) is 3.41. The Morgan fingerprint density at radius 3 is 2.46 bits per heavy atom. The summed E-state index contributed by atoms with van der Waals surface area (Å²) in [4.78, 5) is 22.9. The average molecular weight is 499 g/mol. The van der Waals surface area contributed by atoms with Gasteiger partial charge in [-0.25, -0.2) is 4.79 Å². The first-order valence-electron chi connectivity index (χ1n) is 13.8. The van der Waals surface area contributed by atoms with Crippen LogP contribution in [0.3, 0.4) is 0 Å². The highest BCUT2D eigenvalue weighted by molar-refractivity contribution is 6.04. The summed E-state index contributed by atoms with van der Waals surface area (Å²) < 4.78 is 6.37. The Morgan fingerprint density at radius 2 is 1.65 bits per heavy atom. The van der Waals surface area contributed by atoms with Gasteiger partial charge in [-0.2, -0.15) is 0 Å². The van der Waals surface area contributed by atoms with Crippen molar-refractivity contribution in [3.63, 3.8) is 0 Å². The lowest BCUT2D eigenvalue weighted by Crippen LogP contribution is -2.55. The van der Waals surface area contributed by atoms with Crippen molar-refractivity contribution in [2.45, 2.75) is 51.8 Å². The Morgan fingerprint density at radius 1 is 0.919 bits per heavy atom. The topological polar surface area (TPSA) is 39.3 Å². The molecule has 0 aromatic heterocycles. The number of anilines is 2. The third-order valence-electron chi connectivity index (χ3n) is 8.11. The van der Waals surface area contributed by atoms with Crippen LogP contribution in [0, 0.1) is 0 Å². The molecule has 6 nitrogen and oxygen atoms in total. The van der Waals surface area contributed by atoms with Gasteiger partial charge in [0, 0.05) is 50.1 Å². The zero-order valence-corrected chi connectivity index (χ0v) is 22.3. The molecule has 3 aromatic carbocycles. The number of nitrogens with zero attached hydrogens (tertiary/aromatic N) is 4. The van der Waals surface area contributed by atoms with Crippen LogP contribution in [-0.2, 0) is 6.42 Å². The first kappa shape index (κ1) is 24.1. The van der Waals surface area contributed by atoms with E-state index in [1.807, 2.05) is 0 Å². The summed E-state index contributed by atoms with van der Waals surface area (Å²) in [7, 11) is 0. The lowest BCUT2D eigenvalue weighted by atomic mass is 10.0. The minimum Gasteiger partial charge on any atom is -0.485 e. The molecule has 2 fully saturated rings. The number of para-hydroxylation sites is 1. The summed E-state index contributed by atoms with van der Waals surface area (Å²) in [6.45, 7) is 11.7. The van der Waals surface area contributed by atoms with E-state index in [1.165, 1.54) is 16.6 Å². The molecule has 6 heteroatoms. The maximum atomic E-state index is 13.8. The Balaban J connectivity index is 1.25. The van der Waals surface area contributed by atoms with Gasteiger partial charge in [0.1, 0.15) is 17.5 Å². The molecule has 0 spiro atoms. The lowest BCUT2D eigenvalue weighted by Gasteiger charge is -2.41. The van der Waals surface area contributed by atoms with Gasteiger partial charge >= 0.3 is 6.03 Å². The number of carbonyl (C=O) groups excluding carboxylic acids is 1. The van der Waals surface area contributed by atoms with Crippen LogP contribution in [0.15, 0.2) is 60.7 Å². The van der Waals surface area contributed by atoms with Crippen molar-refractivity contribution in [3.05, 3.63) is 66.2 Å². The molecule has 3 heterocycles. The molecular formula is C31H38N4O2. The van der Waals surface area contributed by atoms with Crippen molar-refractivity contribution in [2.75, 3.05) is 49.1 Å². The van der Waals surface area contributed by atoms with Gasteiger partial charge in [-0.1, -0.05) is 61.9 Å². The van der Waals surface area contributed by atoms with E-state index in [9.17, 15) is 4.79 Å². The number of urea groups is 1. The number of ether oxygens (including phenoxy) is 1. The van der Waals surface area contributed by atoms with Crippen LogP contribution in [-0.4, -0.2) is 66.9 Å². The fourth-order valence-electron chi connectivity index (χ4n) is 6.24. The van der Waals surface area contributed by atoms with Crippen molar-refractivity contribution < 1.29 is 9.53 Å². The summed E-state index contributed by atoms with van der Waals surface area (Å²) in [6.07, 6.45) is 3.11. The van der Waals surface area contributed by atoms with E-state index < -0.39 is 0 Å². The minimum atomic E-state index is -0.147. The van der Waals surface area contributed by atoms with E-state index in [0.29, 0.717) is 0 Å². The maximum absolute atomic E-state index is 13.8. The number of rotatable bonds is 6. The number of piperazine rings is 1. The number of amides is 2. The number of benzene rings is 3. The molecular weight excluding hydrogens is 460 g/mol. The van der Waals surface area contributed by atoms with Gasteiger partial charge in [0.15, 0.2) is 0 Å². The van der Waals surface area contributed by atoms with Crippen LogP contribution in [0.5, 0.6) is 5.75 Å². The maximum Gasteiger partial charge on any atom is 0.326 e. The predicted molar refractivity (Wildman–Crippen MR) is 151 cm³/mol. The molecule has 0 aliphatic carbocycles. The molecule has 6 rings (SSSR count). The Hall–Kier alpha value is -3.25. The molecule has 3 aromatic rings.